The van der Waals surface area contributed by atoms with Crippen molar-refractivity contribution in [2.24, 2.45) is 0 Å². The molecule has 0 bridgehead atoms. The molecule has 0 unspecified atom stereocenters. The molecule has 4 aromatic rings. The number of anilines is 2. The number of thiazole rings is 1. The average molecular weight is 617 g/mol. The number of rotatable bonds is 12. The van der Waals surface area contributed by atoms with Crippen molar-refractivity contribution in [2.45, 2.75) is 23.9 Å². The lowest BCUT2D eigenvalue weighted by Crippen LogP contribution is -2.41. The molecule has 1 N–H and O–H groups in total. The molecule has 1 fully saturated rings. The van der Waals surface area contributed by atoms with Gasteiger partial charge in [0.25, 0.3) is 10.0 Å². The van der Waals surface area contributed by atoms with E-state index in [9.17, 15) is 8.42 Å². The fourth-order valence-corrected chi connectivity index (χ4v) is 7.24. The minimum Gasteiger partial charge on any atom is -0.497 e. The molecule has 1 saturated heterocycles. The smallest absolute Gasteiger partial charge is 0.269 e. The van der Waals surface area contributed by atoms with Crippen LogP contribution in [0.15, 0.2) is 77.1 Å². The molecule has 12 heteroatoms. The van der Waals surface area contributed by atoms with Gasteiger partial charge in [-0.25, -0.2) is 22.1 Å². The van der Waals surface area contributed by atoms with Crippen LogP contribution in [0, 0.1) is 5.82 Å². The maximum absolute atomic E-state index is 15.7. The first-order chi connectivity index (χ1) is 19.8. The Morgan fingerprint density at radius 3 is 2.54 bits per heavy atom. The topological polar surface area (TPSA) is 84.0 Å². The molecule has 0 aliphatic carbocycles. The van der Waals surface area contributed by atoms with E-state index >= 15 is 4.39 Å². The molecule has 0 radical (unpaired) electrons. The van der Waals surface area contributed by atoms with Crippen molar-refractivity contribution < 1.29 is 22.3 Å². The summed E-state index contributed by atoms with van der Waals surface area (Å²) in [7, 11) is -1.42. The van der Waals surface area contributed by atoms with Gasteiger partial charge in [-0.1, -0.05) is 41.9 Å². The fourth-order valence-electron chi connectivity index (χ4n) is 4.62. The number of methoxy groups -OCH3 is 2. The van der Waals surface area contributed by atoms with Crippen molar-refractivity contribution in [3.63, 3.8) is 0 Å². The van der Waals surface area contributed by atoms with Gasteiger partial charge in [0.05, 0.1) is 37.5 Å². The summed E-state index contributed by atoms with van der Waals surface area (Å²) in [5, 5.41) is 5.27. The van der Waals surface area contributed by atoms with Crippen molar-refractivity contribution in [3.05, 3.63) is 94.2 Å². The van der Waals surface area contributed by atoms with Crippen LogP contribution >= 0.6 is 22.9 Å². The standard InChI is InChI=1S/C29H30ClFN4O4S2/c1-38-22-10-9-21(27(15-22)39-2)18-35(29-32-11-14-40-29)41(36,37)28-16-23(30)25(17-24(28)31)33-26(19-34-12-6-13-34)20-7-4-3-5-8-20/h3-5,7-11,14-17,26,33H,6,12-13,18-19H2,1-2H3/t26-/m1/s1. The van der Waals surface area contributed by atoms with Crippen LogP contribution < -0.4 is 19.1 Å². The molecule has 1 aliphatic rings. The zero-order valence-electron chi connectivity index (χ0n) is 22.6. The lowest BCUT2D eigenvalue weighted by molar-refractivity contribution is 0.174. The third kappa shape index (κ3) is 6.43. The van der Waals surface area contributed by atoms with Crippen LogP contribution in [0.25, 0.3) is 0 Å². The molecule has 0 saturated carbocycles. The Bertz CT molecular complexity index is 1590. The Morgan fingerprint density at radius 1 is 1.12 bits per heavy atom. The summed E-state index contributed by atoms with van der Waals surface area (Å²) >= 11 is 7.74. The number of benzene rings is 3. The largest absolute Gasteiger partial charge is 0.497 e. The molecule has 1 aromatic heterocycles. The van der Waals surface area contributed by atoms with Crippen LogP contribution in [-0.4, -0.2) is 52.2 Å². The van der Waals surface area contributed by atoms with E-state index in [0.717, 1.165) is 52.8 Å². The van der Waals surface area contributed by atoms with E-state index in [1.807, 2.05) is 30.3 Å². The third-order valence-corrected chi connectivity index (χ3v) is 9.93. The SMILES string of the molecule is COc1ccc(CN(c2nccs2)S(=O)(=O)c2cc(Cl)c(N[C@H](CN3CCC3)c3ccccc3)cc2F)c(OC)c1. The first-order valence-corrected chi connectivity index (χ1v) is 15.7. The van der Waals surface area contributed by atoms with E-state index in [1.54, 1.807) is 23.6 Å². The van der Waals surface area contributed by atoms with E-state index < -0.39 is 20.7 Å². The molecule has 1 atom stereocenters. The van der Waals surface area contributed by atoms with Crippen LogP contribution in [0.2, 0.25) is 5.02 Å². The average Bonchev–Trinajstić information content (AvgIpc) is 3.49. The van der Waals surface area contributed by atoms with Crippen LogP contribution in [0.3, 0.4) is 0 Å². The maximum atomic E-state index is 15.7. The Hall–Kier alpha value is -3.38. The lowest BCUT2D eigenvalue weighted by atomic mass is 10.0. The van der Waals surface area contributed by atoms with Crippen molar-refractivity contribution >= 4 is 43.8 Å². The highest BCUT2D eigenvalue weighted by Gasteiger charge is 2.32. The number of hydrogen-bond acceptors (Lipinski definition) is 8. The predicted octanol–water partition coefficient (Wildman–Crippen LogP) is 6.21. The highest BCUT2D eigenvalue weighted by molar-refractivity contribution is 7.93. The van der Waals surface area contributed by atoms with Gasteiger partial charge in [0.1, 0.15) is 22.2 Å². The van der Waals surface area contributed by atoms with E-state index in [2.05, 4.69) is 15.2 Å². The number of halogens is 2. The van der Waals surface area contributed by atoms with Crippen molar-refractivity contribution in [2.75, 3.05) is 43.5 Å². The highest BCUT2D eigenvalue weighted by Crippen LogP contribution is 2.36. The summed E-state index contributed by atoms with van der Waals surface area (Å²) in [4.78, 5) is 5.96. The summed E-state index contributed by atoms with van der Waals surface area (Å²) in [5.41, 5.74) is 1.89. The van der Waals surface area contributed by atoms with Gasteiger partial charge in [-0.2, -0.15) is 0 Å². The second-order valence-electron chi connectivity index (χ2n) is 9.53. The van der Waals surface area contributed by atoms with Crippen molar-refractivity contribution in [1.82, 2.24) is 9.88 Å². The first kappa shape index (κ1) is 29.1. The monoisotopic (exact) mass is 616 g/mol. The highest BCUT2D eigenvalue weighted by atomic mass is 35.5. The number of ether oxygens (including phenoxy) is 2. The molecule has 1 aliphatic heterocycles. The minimum atomic E-state index is -4.43. The molecule has 41 heavy (non-hydrogen) atoms. The fraction of sp³-hybridized carbons (Fsp3) is 0.276. The zero-order valence-corrected chi connectivity index (χ0v) is 25.0. The molecule has 5 rings (SSSR count). The molecular formula is C29H30ClFN4O4S2. The number of hydrogen-bond donors (Lipinski definition) is 1. The summed E-state index contributed by atoms with van der Waals surface area (Å²) in [5.74, 6) is 0.0577. The van der Waals surface area contributed by atoms with Crippen LogP contribution in [-0.2, 0) is 16.6 Å². The van der Waals surface area contributed by atoms with E-state index in [0.29, 0.717) is 29.3 Å². The molecule has 0 spiro atoms. The van der Waals surface area contributed by atoms with Gasteiger partial charge < -0.3 is 19.7 Å². The normalized spacial score (nSPS) is 14.2. The second-order valence-corrected chi connectivity index (χ2v) is 12.6. The summed E-state index contributed by atoms with van der Waals surface area (Å²) in [6, 6.07) is 17.0. The predicted molar refractivity (Wildman–Crippen MR) is 160 cm³/mol. The number of aromatic nitrogens is 1. The summed E-state index contributed by atoms with van der Waals surface area (Å²) in [6.07, 6.45) is 2.63. The third-order valence-electron chi connectivity index (χ3n) is 6.95. The van der Waals surface area contributed by atoms with E-state index in [4.69, 9.17) is 21.1 Å². The molecule has 2 heterocycles. The van der Waals surface area contributed by atoms with Gasteiger partial charge in [-0.15, -0.1) is 11.3 Å². The van der Waals surface area contributed by atoms with Crippen molar-refractivity contribution in [1.29, 1.82) is 0 Å². The van der Waals surface area contributed by atoms with Gasteiger partial charge >= 0.3 is 0 Å². The van der Waals surface area contributed by atoms with Gasteiger partial charge in [0.2, 0.25) is 0 Å². The Morgan fingerprint density at radius 2 is 1.90 bits per heavy atom. The van der Waals surface area contributed by atoms with Crippen LogP contribution in [0.5, 0.6) is 11.5 Å². The first-order valence-electron chi connectivity index (χ1n) is 13.0. The molecule has 8 nitrogen and oxygen atoms in total. The number of likely N-dealkylation sites (tertiary alicyclic amines) is 1. The molecule has 216 valence electrons. The van der Waals surface area contributed by atoms with Gasteiger partial charge in [0.15, 0.2) is 5.13 Å². The number of sulfonamides is 1. The lowest BCUT2D eigenvalue weighted by Gasteiger charge is -2.35. The zero-order chi connectivity index (χ0) is 29.0. The van der Waals surface area contributed by atoms with Crippen molar-refractivity contribution in [3.8, 4) is 11.5 Å². The molecular weight excluding hydrogens is 587 g/mol. The summed E-state index contributed by atoms with van der Waals surface area (Å²) in [6.45, 7) is 2.56. The van der Waals surface area contributed by atoms with Gasteiger partial charge in [-0.05, 0) is 49.3 Å². The number of nitrogens with zero attached hydrogens (tertiary/aromatic N) is 3. The Labute approximate surface area is 248 Å². The second kappa shape index (κ2) is 12.6. The Kier molecular flexibility index (Phi) is 8.98. The minimum absolute atomic E-state index is 0.0932. The quantitative estimate of drug-likeness (QED) is 0.203. The van der Waals surface area contributed by atoms with E-state index in [1.165, 1.54) is 20.4 Å². The van der Waals surface area contributed by atoms with Crippen LogP contribution in [0.1, 0.15) is 23.6 Å². The maximum Gasteiger partial charge on any atom is 0.269 e. The summed E-state index contributed by atoms with van der Waals surface area (Å²) < 4.78 is 55.5. The van der Waals surface area contributed by atoms with Gasteiger partial charge in [0, 0.05) is 29.8 Å². The Balaban J connectivity index is 1.48. The van der Waals surface area contributed by atoms with E-state index in [-0.39, 0.29) is 22.7 Å². The number of nitrogens with one attached hydrogen (secondary N) is 1. The van der Waals surface area contributed by atoms with Crippen LogP contribution in [0.4, 0.5) is 15.2 Å². The molecule has 3 aromatic carbocycles. The molecule has 0 amide bonds. The van der Waals surface area contributed by atoms with Gasteiger partial charge in [-0.3, -0.25) is 0 Å².